The van der Waals surface area contributed by atoms with Gasteiger partial charge in [-0.3, -0.25) is 4.79 Å². The SMILES string of the molecule is CO[C@]12CCC(=O)[C@]3(Cc4ccccc4)OC4C(O)CCC5CC1N(C)CC[C@]32C54. The van der Waals surface area contributed by atoms with Crippen LogP contribution in [0.3, 0.4) is 0 Å². The highest BCUT2D eigenvalue weighted by Crippen LogP contribution is 2.73. The van der Waals surface area contributed by atoms with Gasteiger partial charge in [-0.05, 0) is 57.2 Å². The number of hydrogen-bond donors (Lipinski definition) is 1. The van der Waals surface area contributed by atoms with Crippen LogP contribution in [-0.2, 0) is 20.7 Å². The number of ketones is 1. The number of likely N-dealkylation sites (tertiary alicyclic amines) is 1. The van der Waals surface area contributed by atoms with Crippen LogP contribution in [0.1, 0.15) is 44.1 Å². The number of carbonyl (C=O) groups is 1. The van der Waals surface area contributed by atoms with Crippen LogP contribution in [0, 0.1) is 17.3 Å². The molecule has 5 aliphatic rings. The number of likely N-dealkylation sites (N-methyl/N-ethyl adjacent to an activating group) is 1. The van der Waals surface area contributed by atoms with E-state index in [4.69, 9.17) is 9.47 Å². The van der Waals surface area contributed by atoms with Crippen molar-refractivity contribution in [2.24, 2.45) is 17.3 Å². The van der Waals surface area contributed by atoms with Gasteiger partial charge >= 0.3 is 0 Å². The molecule has 2 saturated heterocycles. The molecular formula is C25H33NO4. The summed E-state index contributed by atoms with van der Waals surface area (Å²) in [5.41, 5.74) is -0.527. The molecule has 5 heteroatoms. The lowest BCUT2D eigenvalue weighted by molar-refractivity contribution is -0.278. The number of hydrogen-bond acceptors (Lipinski definition) is 5. The van der Waals surface area contributed by atoms with E-state index in [1.807, 2.05) is 25.3 Å². The van der Waals surface area contributed by atoms with Gasteiger partial charge in [0.05, 0.1) is 17.8 Å². The molecule has 0 amide bonds. The molecule has 5 fully saturated rings. The number of rotatable bonds is 3. The van der Waals surface area contributed by atoms with Gasteiger partial charge in [0.2, 0.25) is 0 Å². The minimum Gasteiger partial charge on any atom is -0.390 e. The van der Waals surface area contributed by atoms with Gasteiger partial charge in [0.15, 0.2) is 5.78 Å². The maximum absolute atomic E-state index is 13.9. The molecule has 1 N–H and O–H groups in total. The Labute approximate surface area is 178 Å². The lowest BCUT2D eigenvalue weighted by atomic mass is 9.39. The first-order chi connectivity index (χ1) is 14.5. The van der Waals surface area contributed by atoms with Gasteiger partial charge in [-0.1, -0.05) is 30.3 Å². The molecule has 3 saturated carbocycles. The Hall–Kier alpha value is -1.27. The van der Waals surface area contributed by atoms with Gasteiger partial charge in [0.1, 0.15) is 5.60 Å². The predicted octanol–water partition coefficient (Wildman–Crippen LogP) is 2.60. The number of carbonyl (C=O) groups excluding carboxylic acids is 1. The fraction of sp³-hybridized carbons (Fsp3) is 0.720. The Morgan fingerprint density at radius 3 is 2.80 bits per heavy atom. The van der Waals surface area contributed by atoms with E-state index >= 15 is 0 Å². The lowest BCUT2D eigenvalue weighted by Gasteiger charge is -2.70. The highest BCUT2D eigenvalue weighted by molar-refractivity contribution is 5.91. The molecule has 2 aliphatic heterocycles. The molecule has 1 aromatic rings. The summed E-state index contributed by atoms with van der Waals surface area (Å²) < 4.78 is 13.5. The van der Waals surface area contributed by atoms with Crippen LogP contribution in [0.25, 0.3) is 0 Å². The normalized spacial score (nSPS) is 49.7. The Morgan fingerprint density at radius 1 is 1.23 bits per heavy atom. The number of Topliss-reactive ketones (excluding diaryl/α,β-unsaturated/α-hetero) is 1. The predicted molar refractivity (Wildman–Crippen MR) is 112 cm³/mol. The van der Waals surface area contributed by atoms with Crippen LogP contribution in [0.4, 0.5) is 0 Å². The van der Waals surface area contributed by atoms with Crippen molar-refractivity contribution in [2.75, 3.05) is 20.7 Å². The molecule has 2 heterocycles. The number of methoxy groups -OCH3 is 1. The maximum atomic E-state index is 13.9. The van der Waals surface area contributed by atoms with Crippen LogP contribution in [0.2, 0.25) is 0 Å². The third kappa shape index (κ3) is 2.06. The number of ether oxygens (including phenoxy) is 2. The van der Waals surface area contributed by atoms with E-state index in [1.54, 1.807) is 0 Å². The molecular weight excluding hydrogens is 378 g/mol. The van der Waals surface area contributed by atoms with Gasteiger partial charge < -0.3 is 19.5 Å². The first kappa shape index (κ1) is 19.4. The monoisotopic (exact) mass is 411 g/mol. The van der Waals surface area contributed by atoms with E-state index in [1.165, 1.54) is 0 Å². The third-order valence-corrected chi connectivity index (χ3v) is 9.75. The van der Waals surface area contributed by atoms with Gasteiger partial charge in [0, 0.05) is 37.3 Å². The summed E-state index contributed by atoms with van der Waals surface area (Å²) in [4.78, 5) is 16.4. The molecule has 1 aromatic carbocycles. The Bertz CT molecular complexity index is 860. The molecule has 5 unspecified atom stereocenters. The van der Waals surface area contributed by atoms with Crippen molar-refractivity contribution >= 4 is 5.78 Å². The van der Waals surface area contributed by atoms with E-state index in [2.05, 4.69) is 24.1 Å². The highest BCUT2D eigenvalue weighted by atomic mass is 16.5. The fourth-order valence-corrected chi connectivity index (χ4v) is 8.77. The Balaban J connectivity index is 1.60. The van der Waals surface area contributed by atoms with Crippen molar-refractivity contribution < 1.29 is 19.4 Å². The summed E-state index contributed by atoms with van der Waals surface area (Å²) in [6.07, 6.45) is 4.87. The zero-order valence-corrected chi connectivity index (χ0v) is 18.0. The van der Waals surface area contributed by atoms with E-state index in [0.29, 0.717) is 24.8 Å². The zero-order valence-electron chi connectivity index (χ0n) is 18.0. The first-order valence-electron chi connectivity index (χ1n) is 11.7. The van der Waals surface area contributed by atoms with Gasteiger partial charge in [-0.2, -0.15) is 0 Å². The summed E-state index contributed by atoms with van der Waals surface area (Å²) >= 11 is 0. The van der Waals surface area contributed by atoms with Crippen LogP contribution in [0.5, 0.6) is 0 Å². The van der Waals surface area contributed by atoms with Crippen LogP contribution >= 0.6 is 0 Å². The molecule has 30 heavy (non-hydrogen) atoms. The van der Waals surface area contributed by atoms with E-state index in [0.717, 1.165) is 44.2 Å². The van der Waals surface area contributed by atoms with E-state index in [9.17, 15) is 9.90 Å². The number of nitrogens with zero attached hydrogens (tertiary/aromatic N) is 1. The number of aliphatic hydroxyl groups is 1. The fourth-order valence-electron chi connectivity index (χ4n) is 8.77. The topological polar surface area (TPSA) is 59.0 Å². The first-order valence-corrected chi connectivity index (χ1v) is 11.7. The van der Waals surface area contributed by atoms with E-state index < -0.39 is 17.3 Å². The molecule has 5 nitrogen and oxygen atoms in total. The molecule has 6 rings (SSSR count). The minimum atomic E-state index is -0.901. The number of piperidine rings is 1. The van der Waals surface area contributed by atoms with Crippen LogP contribution in [0.15, 0.2) is 30.3 Å². The van der Waals surface area contributed by atoms with Crippen molar-refractivity contribution in [1.82, 2.24) is 4.90 Å². The average Bonchev–Trinajstić information content (AvgIpc) is 3.06. The molecule has 0 radical (unpaired) electrons. The second kappa shape index (κ2) is 6.38. The second-order valence-corrected chi connectivity index (χ2v) is 10.5. The summed E-state index contributed by atoms with van der Waals surface area (Å²) in [7, 11) is 4.07. The van der Waals surface area contributed by atoms with Gasteiger partial charge in [-0.15, -0.1) is 0 Å². The Morgan fingerprint density at radius 2 is 2.03 bits per heavy atom. The second-order valence-electron chi connectivity index (χ2n) is 10.5. The van der Waals surface area contributed by atoms with Crippen molar-refractivity contribution in [3.8, 4) is 0 Å². The van der Waals surface area contributed by atoms with Crippen molar-refractivity contribution in [3.63, 3.8) is 0 Å². The molecule has 3 aliphatic carbocycles. The molecule has 0 aromatic heterocycles. The van der Waals surface area contributed by atoms with Gasteiger partial charge in [0.25, 0.3) is 0 Å². The quantitative estimate of drug-likeness (QED) is 0.829. The molecule has 162 valence electrons. The smallest absolute Gasteiger partial charge is 0.165 e. The van der Waals surface area contributed by atoms with Crippen LogP contribution < -0.4 is 0 Å². The third-order valence-electron chi connectivity index (χ3n) is 9.75. The summed E-state index contributed by atoms with van der Waals surface area (Å²) in [6, 6.07) is 10.6. The van der Waals surface area contributed by atoms with Crippen LogP contribution in [-0.4, -0.2) is 65.9 Å². The van der Waals surface area contributed by atoms with Crippen molar-refractivity contribution in [2.45, 2.75) is 74.4 Å². The summed E-state index contributed by atoms with van der Waals surface area (Å²) in [6.45, 7) is 0.953. The molecule has 1 spiro atoms. The van der Waals surface area contributed by atoms with E-state index in [-0.39, 0.29) is 23.2 Å². The average molecular weight is 412 g/mol. The largest absolute Gasteiger partial charge is 0.390 e. The zero-order chi connectivity index (χ0) is 20.7. The Kier molecular flexibility index (Phi) is 4.13. The number of aliphatic hydroxyl groups excluding tert-OH is 1. The standard InChI is InChI=1S/C25H33NO4/c1-26-13-12-23-21-17-8-9-18(27)22(21)30-25(23,15-16-6-4-3-5-7-16)20(28)10-11-24(23,29-2)19(26)14-17/h3-7,17-19,21-22,27H,8-15H2,1-2H3/t17?,18?,19?,21?,22?,23-,24-,25+/m1/s1. The summed E-state index contributed by atoms with van der Waals surface area (Å²) in [5, 5.41) is 11.0. The van der Waals surface area contributed by atoms with Crippen molar-refractivity contribution in [3.05, 3.63) is 35.9 Å². The number of benzene rings is 1. The highest BCUT2D eigenvalue weighted by Gasteiger charge is 2.83. The molecule has 2 bridgehead atoms. The van der Waals surface area contributed by atoms with Gasteiger partial charge in [-0.25, -0.2) is 0 Å². The summed E-state index contributed by atoms with van der Waals surface area (Å²) in [5.74, 6) is 0.904. The molecule has 8 atom stereocenters. The minimum absolute atomic E-state index is 0.194. The maximum Gasteiger partial charge on any atom is 0.165 e. The lowest BCUT2D eigenvalue weighted by Crippen LogP contribution is -2.80. The van der Waals surface area contributed by atoms with Crippen molar-refractivity contribution in [1.29, 1.82) is 0 Å².